The molecular weight excluding hydrogens is 138 g/mol. The van der Waals surface area contributed by atoms with Gasteiger partial charge in [0.25, 0.3) is 0 Å². The summed E-state index contributed by atoms with van der Waals surface area (Å²) >= 11 is 0. The maximum Gasteiger partial charge on any atom is 0.160 e. The average molecular weight is 151 g/mol. The van der Waals surface area contributed by atoms with Crippen LogP contribution < -0.4 is 5.32 Å². The molecule has 1 heterocycles. The Hall–Kier alpha value is -0.630. The largest absolute Gasteiger partial charge is 0.316 e. The Labute approximate surface area is 66.7 Å². The third-order valence-corrected chi connectivity index (χ3v) is 2.71. The van der Waals surface area contributed by atoms with E-state index < -0.39 is 0 Å². The second kappa shape index (κ2) is 2.78. The topological polar surface area (TPSA) is 29.1 Å². The molecule has 0 bridgehead atoms. The number of piperidine rings is 1. The normalized spacial score (nSPS) is 36.9. The predicted octanol–water partition coefficient (Wildman–Crippen LogP) is 0.741. The van der Waals surface area contributed by atoms with E-state index in [1.54, 1.807) is 6.08 Å². The van der Waals surface area contributed by atoms with Crippen molar-refractivity contribution in [1.29, 1.82) is 0 Å². The van der Waals surface area contributed by atoms with Crippen LogP contribution in [0.1, 0.15) is 12.8 Å². The number of rotatable bonds is 0. The number of fused-ring (bicyclic) bond motifs is 1. The van der Waals surface area contributed by atoms with E-state index in [1.807, 2.05) is 6.08 Å². The molecule has 2 rings (SSSR count). The van der Waals surface area contributed by atoms with Crippen LogP contribution in [0, 0.1) is 11.8 Å². The zero-order valence-electron chi connectivity index (χ0n) is 6.55. The third kappa shape index (κ3) is 1.23. The van der Waals surface area contributed by atoms with Gasteiger partial charge >= 0.3 is 0 Å². The molecule has 0 saturated carbocycles. The fourth-order valence-electron chi connectivity index (χ4n) is 2.01. The standard InChI is InChI=1S/C9H13NO/c11-9-3-1-2-7-4-5-10-6-8(7)9/h1,3,7-8,10H,2,4-6H2. The van der Waals surface area contributed by atoms with Crippen molar-refractivity contribution in [3.63, 3.8) is 0 Å². The molecule has 60 valence electrons. The molecule has 1 saturated heterocycles. The molecule has 0 radical (unpaired) electrons. The van der Waals surface area contributed by atoms with Crippen LogP contribution in [0.15, 0.2) is 12.2 Å². The van der Waals surface area contributed by atoms with Gasteiger partial charge in [0.1, 0.15) is 0 Å². The highest BCUT2D eigenvalue weighted by Gasteiger charge is 2.30. The Morgan fingerprint density at radius 3 is 3.27 bits per heavy atom. The molecule has 0 aromatic carbocycles. The van der Waals surface area contributed by atoms with Gasteiger partial charge < -0.3 is 5.32 Å². The summed E-state index contributed by atoms with van der Waals surface area (Å²) in [6, 6.07) is 0. The van der Waals surface area contributed by atoms with E-state index in [2.05, 4.69) is 5.32 Å². The molecule has 2 nitrogen and oxygen atoms in total. The Balaban J connectivity index is 2.14. The van der Waals surface area contributed by atoms with Gasteiger partial charge in [-0.1, -0.05) is 6.08 Å². The van der Waals surface area contributed by atoms with Gasteiger partial charge in [-0.15, -0.1) is 0 Å². The molecule has 2 atom stereocenters. The molecule has 2 aliphatic rings. The zero-order chi connectivity index (χ0) is 7.68. The summed E-state index contributed by atoms with van der Waals surface area (Å²) in [7, 11) is 0. The van der Waals surface area contributed by atoms with E-state index in [9.17, 15) is 4.79 Å². The molecule has 2 unspecified atom stereocenters. The number of carbonyl (C=O) groups excluding carboxylic acids is 1. The van der Waals surface area contributed by atoms with Gasteiger partial charge in [-0.25, -0.2) is 0 Å². The molecule has 0 spiro atoms. The molecule has 1 fully saturated rings. The van der Waals surface area contributed by atoms with Crippen molar-refractivity contribution in [3.05, 3.63) is 12.2 Å². The van der Waals surface area contributed by atoms with Gasteiger partial charge in [0.15, 0.2) is 5.78 Å². The van der Waals surface area contributed by atoms with Crippen LogP contribution in [0.3, 0.4) is 0 Å². The third-order valence-electron chi connectivity index (χ3n) is 2.71. The van der Waals surface area contributed by atoms with Crippen molar-refractivity contribution >= 4 is 5.78 Å². The second-order valence-electron chi connectivity index (χ2n) is 3.40. The number of hydrogen-bond acceptors (Lipinski definition) is 2. The summed E-state index contributed by atoms with van der Waals surface area (Å²) in [5.74, 6) is 1.25. The smallest absolute Gasteiger partial charge is 0.160 e. The number of nitrogens with one attached hydrogen (secondary N) is 1. The summed E-state index contributed by atoms with van der Waals surface area (Å²) in [6.45, 7) is 1.98. The van der Waals surface area contributed by atoms with Gasteiger partial charge in [0.05, 0.1) is 0 Å². The van der Waals surface area contributed by atoms with E-state index in [0.717, 1.165) is 19.5 Å². The Morgan fingerprint density at radius 1 is 1.55 bits per heavy atom. The minimum Gasteiger partial charge on any atom is -0.316 e. The summed E-state index contributed by atoms with van der Waals surface area (Å²) < 4.78 is 0. The lowest BCUT2D eigenvalue weighted by Gasteiger charge is -2.31. The quantitative estimate of drug-likeness (QED) is 0.553. The Morgan fingerprint density at radius 2 is 2.45 bits per heavy atom. The molecule has 0 aromatic rings. The van der Waals surface area contributed by atoms with Crippen LogP contribution in [0.2, 0.25) is 0 Å². The summed E-state index contributed by atoms with van der Waals surface area (Å²) in [4.78, 5) is 11.3. The monoisotopic (exact) mass is 151 g/mol. The maximum absolute atomic E-state index is 11.3. The zero-order valence-corrected chi connectivity index (χ0v) is 6.55. The van der Waals surface area contributed by atoms with Gasteiger partial charge in [0, 0.05) is 12.5 Å². The number of hydrogen-bond donors (Lipinski definition) is 1. The molecule has 11 heavy (non-hydrogen) atoms. The lowest BCUT2D eigenvalue weighted by Crippen LogP contribution is -2.41. The summed E-state index contributed by atoms with van der Waals surface area (Å²) in [5.41, 5.74) is 0. The van der Waals surface area contributed by atoms with Crippen molar-refractivity contribution < 1.29 is 4.79 Å². The van der Waals surface area contributed by atoms with Crippen molar-refractivity contribution in [2.45, 2.75) is 12.8 Å². The van der Waals surface area contributed by atoms with Crippen molar-refractivity contribution in [3.8, 4) is 0 Å². The molecule has 1 aliphatic heterocycles. The number of carbonyl (C=O) groups is 1. The fraction of sp³-hybridized carbons (Fsp3) is 0.667. The van der Waals surface area contributed by atoms with E-state index in [1.165, 1.54) is 6.42 Å². The predicted molar refractivity (Wildman–Crippen MR) is 43.2 cm³/mol. The lowest BCUT2D eigenvalue weighted by molar-refractivity contribution is -0.120. The first kappa shape index (κ1) is 7.04. The van der Waals surface area contributed by atoms with E-state index >= 15 is 0 Å². The van der Waals surface area contributed by atoms with E-state index in [0.29, 0.717) is 11.7 Å². The van der Waals surface area contributed by atoms with Gasteiger partial charge in [0.2, 0.25) is 0 Å². The highest BCUT2D eigenvalue weighted by atomic mass is 16.1. The molecule has 1 aliphatic carbocycles. The minimum atomic E-state index is 0.286. The van der Waals surface area contributed by atoms with E-state index in [-0.39, 0.29) is 5.92 Å². The van der Waals surface area contributed by atoms with E-state index in [4.69, 9.17) is 0 Å². The lowest BCUT2D eigenvalue weighted by atomic mass is 9.78. The first-order valence-electron chi connectivity index (χ1n) is 4.29. The average Bonchev–Trinajstić information content (AvgIpc) is 2.06. The number of allylic oxidation sites excluding steroid dienone is 2. The van der Waals surface area contributed by atoms with Gasteiger partial charge in [-0.3, -0.25) is 4.79 Å². The summed E-state index contributed by atoms with van der Waals surface area (Å²) in [5, 5.41) is 3.26. The highest BCUT2D eigenvalue weighted by molar-refractivity contribution is 5.93. The van der Waals surface area contributed by atoms with Crippen LogP contribution in [-0.2, 0) is 4.79 Å². The van der Waals surface area contributed by atoms with Crippen molar-refractivity contribution in [2.75, 3.05) is 13.1 Å². The molecular formula is C9H13NO. The van der Waals surface area contributed by atoms with Gasteiger partial charge in [-0.05, 0) is 31.4 Å². The maximum atomic E-state index is 11.3. The second-order valence-corrected chi connectivity index (χ2v) is 3.40. The number of ketones is 1. The molecule has 1 N–H and O–H groups in total. The Kier molecular flexibility index (Phi) is 1.78. The van der Waals surface area contributed by atoms with Gasteiger partial charge in [-0.2, -0.15) is 0 Å². The first-order chi connectivity index (χ1) is 5.38. The Bertz CT molecular complexity index is 198. The SMILES string of the molecule is O=C1C=CCC2CCNCC12. The molecule has 2 heteroatoms. The molecule has 0 aromatic heterocycles. The van der Waals surface area contributed by atoms with Crippen LogP contribution in [0.4, 0.5) is 0 Å². The van der Waals surface area contributed by atoms with Crippen molar-refractivity contribution in [2.24, 2.45) is 11.8 Å². The van der Waals surface area contributed by atoms with Crippen LogP contribution in [-0.4, -0.2) is 18.9 Å². The minimum absolute atomic E-state index is 0.286. The van der Waals surface area contributed by atoms with Crippen LogP contribution >= 0.6 is 0 Å². The fourth-order valence-corrected chi connectivity index (χ4v) is 2.01. The van der Waals surface area contributed by atoms with Crippen molar-refractivity contribution in [1.82, 2.24) is 5.32 Å². The van der Waals surface area contributed by atoms with Crippen LogP contribution in [0.5, 0.6) is 0 Å². The highest BCUT2D eigenvalue weighted by Crippen LogP contribution is 2.27. The molecule has 0 amide bonds. The first-order valence-corrected chi connectivity index (χ1v) is 4.29. The van der Waals surface area contributed by atoms with Crippen LogP contribution in [0.25, 0.3) is 0 Å². The summed E-state index contributed by atoms with van der Waals surface area (Å²) in [6.07, 6.45) is 6.04.